The first kappa shape index (κ1) is 14.9. The lowest BCUT2D eigenvalue weighted by molar-refractivity contribution is -0.0627. The standard InChI is InChI=1S/C16H23NO3/c1-2-3-11-16(13-8-5-4-6-9-13)14(18)10-7-12-17(16)15(19)20/h4-6,8-9,14,18H,2-3,7,10-12H2,1H3,(H,19,20). The van der Waals surface area contributed by atoms with Crippen LogP contribution in [0.15, 0.2) is 30.3 Å². The molecule has 110 valence electrons. The summed E-state index contributed by atoms with van der Waals surface area (Å²) in [5.74, 6) is 0. The van der Waals surface area contributed by atoms with Crippen molar-refractivity contribution in [2.24, 2.45) is 0 Å². The van der Waals surface area contributed by atoms with Gasteiger partial charge in [0, 0.05) is 6.54 Å². The Labute approximate surface area is 120 Å². The quantitative estimate of drug-likeness (QED) is 0.888. The maximum Gasteiger partial charge on any atom is 0.408 e. The molecule has 2 N–H and O–H groups in total. The summed E-state index contributed by atoms with van der Waals surface area (Å²) in [5, 5.41) is 20.2. The van der Waals surface area contributed by atoms with Gasteiger partial charge in [0.05, 0.1) is 11.6 Å². The Morgan fingerprint density at radius 2 is 2.10 bits per heavy atom. The molecule has 1 aliphatic heterocycles. The molecule has 20 heavy (non-hydrogen) atoms. The minimum atomic E-state index is -0.941. The predicted molar refractivity (Wildman–Crippen MR) is 77.6 cm³/mol. The second-order valence-corrected chi connectivity index (χ2v) is 5.49. The number of piperidine rings is 1. The summed E-state index contributed by atoms with van der Waals surface area (Å²) in [4.78, 5) is 13.1. The van der Waals surface area contributed by atoms with Crippen LogP contribution in [0.25, 0.3) is 0 Å². The van der Waals surface area contributed by atoms with Crippen molar-refractivity contribution in [2.45, 2.75) is 50.7 Å². The van der Waals surface area contributed by atoms with Gasteiger partial charge in [0.15, 0.2) is 0 Å². The fraction of sp³-hybridized carbons (Fsp3) is 0.562. The van der Waals surface area contributed by atoms with Crippen LogP contribution in [0, 0.1) is 0 Å². The summed E-state index contributed by atoms with van der Waals surface area (Å²) in [6.07, 6.45) is 2.34. The molecular weight excluding hydrogens is 254 g/mol. The molecule has 4 heteroatoms. The molecule has 2 atom stereocenters. The molecule has 0 radical (unpaired) electrons. The van der Waals surface area contributed by atoms with Gasteiger partial charge in [-0.15, -0.1) is 0 Å². The molecule has 0 aromatic heterocycles. The van der Waals surface area contributed by atoms with Gasteiger partial charge in [-0.25, -0.2) is 4.79 Å². The number of hydrogen-bond donors (Lipinski definition) is 2. The molecule has 1 amide bonds. The van der Waals surface area contributed by atoms with Gasteiger partial charge in [-0.3, -0.25) is 4.90 Å². The molecule has 1 aliphatic rings. The molecular formula is C16H23NO3. The summed E-state index contributed by atoms with van der Waals surface area (Å²) in [5.41, 5.74) is 0.115. The van der Waals surface area contributed by atoms with E-state index in [9.17, 15) is 15.0 Å². The zero-order valence-corrected chi connectivity index (χ0v) is 12.0. The Morgan fingerprint density at radius 3 is 2.70 bits per heavy atom. The highest BCUT2D eigenvalue weighted by atomic mass is 16.4. The van der Waals surface area contributed by atoms with Gasteiger partial charge in [0.2, 0.25) is 0 Å². The number of aliphatic hydroxyl groups excluding tert-OH is 1. The number of rotatable bonds is 4. The Bertz CT molecular complexity index is 448. The van der Waals surface area contributed by atoms with Crippen molar-refractivity contribution in [2.75, 3.05) is 6.54 Å². The van der Waals surface area contributed by atoms with E-state index in [0.29, 0.717) is 25.8 Å². The van der Waals surface area contributed by atoms with Crippen LogP contribution in [0.1, 0.15) is 44.6 Å². The largest absolute Gasteiger partial charge is 0.465 e. The molecule has 0 spiro atoms. The van der Waals surface area contributed by atoms with Gasteiger partial charge in [-0.2, -0.15) is 0 Å². The summed E-state index contributed by atoms with van der Waals surface area (Å²) < 4.78 is 0. The SMILES string of the molecule is CCCCC1(c2ccccc2)C(O)CCCN1C(=O)O. The van der Waals surface area contributed by atoms with Crippen molar-refractivity contribution in [3.8, 4) is 0 Å². The van der Waals surface area contributed by atoms with Crippen LogP contribution < -0.4 is 0 Å². The van der Waals surface area contributed by atoms with E-state index in [0.717, 1.165) is 18.4 Å². The van der Waals surface area contributed by atoms with Crippen LogP contribution >= 0.6 is 0 Å². The zero-order valence-electron chi connectivity index (χ0n) is 12.0. The fourth-order valence-corrected chi connectivity index (χ4v) is 3.29. The number of unbranched alkanes of at least 4 members (excludes halogenated alkanes) is 1. The third-order valence-corrected chi connectivity index (χ3v) is 4.31. The number of hydrogen-bond acceptors (Lipinski definition) is 2. The van der Waals surface area contributed by atoms with E-state index in [2.05, 4.69) is 6.92 Å². The van der Waals surface area contributed by atoms with E-state index < -0.39 is 17.7 Å². The summed E-state index contributed by atoms with van der Waals surface area (Å²) >= 11 is 0. The average molecular weight is 277 g/mol. The minimum Gasteiger partial charge on any atom is -0.465 e. The smallest absolute Gasteiger partial charge is 0.408 e. The van der Waals surface area contributed by atoms with E-state index in [1.54, 1.807) is 0 Å². The van der Waals surface area contributed by atoms with E-state index >= 15 is 0 Å². The number of carbonyl (C=O) groups is 1. The Balaban J connectivity index is 2.49. The number of amides is 1. The third kappa shape index (κ3) is 2.52. The molecule has 1 aromatic rings. The van der Waals surface area contributed by atoms with E-state index in [1.807, 2.05) is 30.3 Å². The molecule has 1 heterocycles. The van der Waals surface area contributed by atoms with Crippen LogP contribution in [-0.4, -0.2) is 33.9 Å². The zero-order chi connectivity index (χ0) is 14.6. The number of nitrogens with zero attached hydrogens (tertiary/aromatic N) is 1. The normalized spacial score (nSPS) is 26.5. The Kier molecular flexibility index (Phi) is 4.65. The van der Waals surface area contributed by atoms with Crippen LogP contribution in [0.2, 0.25) is 0 Å². The maximum atomic E-state index is 11.7. The highest BCUT2D eigenvalue weighted by Gasteiger charge is 2.48. The molecule has 2 unspecified atom stereocenters. The topological polar surface area (TPSA) is 60.8 Å². The molecule has 1 aromatic carbocycles. The highest BCUT2D eigenvalue weighted by Crippen LogP contribution is 2.42. The monoisotopic (exact) mass is 277 g/mol. The first-order valence-electron chi connectivity index (χ1n) is 7.37. The average Bonchev–Trinajstić information content (AvgIpc) is 2.46. The lowest BCUT2D eigenvalue weighted by atomic mass is 9.75. The first-order valence-corrected chi connectivity index (χ1v) is 7.37. The van der Waals surface area contributed by atoms with Crippen molar-refractivity contribution in [1.29, 1.82) is 0 Å². The summed E-state index contributed by atoms with van der Waals surface area (Å²) in [7, 11) is 0. The Morgan fingerprint density at radius 1 is 1.40 bits per heavy atom. The van der Waals surface area contributed by atoms with Crippen molar-refractivity contribution in [3.05, 3.63) is 35.9 Å². The number of likely N-dealkylation sites (tertiary alicyclic amines) is 1. The van der Waals surface area contributed by atoms with Gasteiger partial charge < -0.3 is 10.2 Å². The van der Waals surface area contributed by atoms with E-state index in [-0.39, 0.29) is 0 Å². The molecule has 0 saturated carbocycles. The van der Waals surface area contributed by atoms with Gasteiger partial charge in [-0.1, -0.05) is 50.1 Å². The van der Waals surface area contributed by atoms with Crippen LogP contribution in [-0.2, 0) is 5.54 Å². The van der Waals surface area contributed by atoms with Crippen molar-refractivity contribution in [1.82, 2.24) is 4.90 Å². The van der Waals surface area contributed by atoms with E-state index in [4.69, 9.17) is 0 Å². The van der Waals surface area contributed by atoms with Gasteiger partial charge in [0.1, 0.15) is 0 Å². The molecule has 4 nitrogen and oxygen atoms in total. The van der Waals surface area contributed by atoms with Crippen molar-refractivity contribution >= 4 is 6.09 Å². The predicted octanol–water partition coefficient (Wildman–Crippen LogP) is 3.21. The lowest BCUT2D eigenvalue weighted by Crippen LogP contribution is -2.59. The molecule has 0 aliphatic carbocycles. The van der Waals surface area contributed by atoms with E-state index in [1.165, 1.54) is 4.90 Å². The van der Waals surface area contributed by atoms with Crippen LogP contribution in [0.5, 0.6) is 0 Å². The van der Waals surface area contributed by atoms with Crippen molar-refractivity contribution < 1.29 is 15.0 Å². The number of benzene rings is 1. The lowest BCUT2D eigenvalue weighted by Gasteiger charge is -2.49. The number of carboxylic acid groups (broad SMARTS) is 1. The Hall–Kier alpha value is -1.55. The molecule has 1 fully saturated rings. The maximum absolute atomic E-state index is 11.7. The third-order valence-electron chi connectivity index (χ3n) is 4.31. The fourth-order valence-electron chi connectivity index (χ4n) is 3.29. The van der Waals surface area contributed by atoms with Gasteiger partial charge in [-0.05, 0) is 24.8 Å². The van der Waals surface area contributed by atoms with Crippen LogP contribution in [0.3, 0.4) is 0 Å². The van der Waals surface area contributed by atoms with Gasteiger partial charge in [0.25, 0.3) is 0 Å². The summed E-state index contributed by atoms with van der Waals surface area (Å²) in [6, 6.07) is 9.59. The van der Waals surface area contributed by atoms with Gasteiger partial charge >= 0.3 is 6.09 Å². The molecule has 2 rings (SSSR count). The summed E-state index contributed by atoms with van der Waals surface area (Å²) in [6.45, 7) is 2.57. The van der Waals surface area contributed by atoms with Crippen molar-refractivity contribution in [3.63, 3.8) is 0 Å². The number of aliphatic hydroxyl groups is 1. The van der Waals surface area contributed by atoms with Crippen LogP contribution in [0.4, 0.5) is 4.79 Å². The first-order chi connectivity index (χ1) is 9.63. The molecule has 1 saturated heterocycles. The second-order valence-electron chi connectivity index (χ2n) is 5.49. The highest BCUT2D eigenvalue weighted by molar-refractivity contribution is 5.67. The minimum absolute atomic E-state index is 0.491. The molecule has 0 bridgehead atoms. The second kappa shape index (κ2) is 6.27.